The summed E-state index contributed by atoms with van der Waals surface area (Å²) in [6.07, 6.45) is -0.513. The monoisotopic (exact) mass is 299 g/mol. The van der Waals surface area contributed by atoms with Crippen molar-refractivity contribution in [3.63, 3.8) is 0 Å². The molecule has 0 saturated carbocycles. The van der Waals surface area contributed by atoms with Gasteiger partial charge in [0.2, 0.25) is 0 Å². The van der Waals surface area contributed by atoms with Gasteiger partial charge in [0.1, 0.15) is 13.2 Å². The first kappa shape index (κ1) is 14.9. The van der Waals surface area contributed by atoms with Crippen LogP contribution in [0.1, 0.15) is 30.2 Å². The first-order valence-corrected chi connectivity index (χ1v) is 7.60. The number of fused-ring (bicyclic) bond motifs is 1. The van der Waals surface area contributed by atoms with Crippen LogP contribution in [0.15, 0.2) is 48.5 Å². The van der Waals surface area contributed by atoms with Crippen LogP contribution in [-0.4, -0.2) is 24.9 Å². The summed E-state index contributed by atoms with van der Waals surface area (Å²) in [6, 6.07) is 15.8. The molecule has 4 heteroatoms. The van der Waals surface area contributed by atoms with E-state index < -0.39 is 6.10 Å². The van der Waals surface area contributed by atoms with Crippen molar-refractivity contribution in [2.75, 3.05) is 19.8 Å². The average Bonchev–Trinajstić information content (AvgIpc) is 2.59. The Kier molecular flexibility index (Phi) is 4.61. The fraction of sp³-hybridized carbons (Fsp3) is 0.333. The minimum atomic E-state index is -0.513. The molecule has 0 radical (unpaired) electrons. The van der Waals surface area contributed by atoms with Crippen LogP contribution in [0.25, 0.3) is 0 Å². The highest BCUT2D eigenvalue weighted by Crippen LogP contribution is 2.32. The fourth-order valence-electron chi connectivity index (χ4n) is 2.53. The zero-order valence-corrected chi connectivity index (χ0v) is 12.7. The van der Waals surface area contributed by atoms with E-state index in [1.807, 2.05) is 48.5 Å². The van der Waals surface area contributed by atoms with E-state index in [1.165, 1.54) is 0 Å². The molecule has 2 aromatic rings. The van der Waals surface area contributed by atoms with E-state index in [2.05, 4.69) is 12.2 Å². The second-order valence-electron chi connectivity index (χ2n) is 5.46. The number of aliphatic hydroxyl groups is 1. The average molecular weight is 299 g/mol. The second kappa shape index (κ2) is 6.81. The Morgan fingerprint density at radius 1 is 1.00 bits per heavy atom. The standard InChI is InChI=1S/C18H21NO3/c1-13(19-12-16(20)14-5-3-2-4-6-14)15-7-8-17-18(11-15)22-10-9-21-17/h2-8,11,13,16,19-20H,9-10,12H2,1H3. The van der Waals surface area contributed by atoms with E-state index in [1.54, 1.807) is 0 Å². The molecule has 0 bridgehead atoms. The number of rotatable bonds is 5. The topological polar surface area (TPSA) is 50.7 Å². The van der Waals surface area contributed by atoms with E-state index >= 15 is 0 Å². The highest BCUT2D eigenvalue weighted by molar-refractivity contribution is 5.44. The fourth-order valence-corrected chi connectivity index (χ4v) is 2.53. The van der Waals surface area contributed by atoms with Crippen molar-refractivity contribution in [2.45, 2.75) is 19.1 Å². The van der Waals surface area contributed by atoms with Gasteiger partial charge in [-0.15, -0.1) is 0 Å². The van der Waals surface area contributed by atoms with Crippen molar-refractivity contribution in [2.24, 2.45) is 0 Å². The van der Waals surface area contributed by atoms with Crippen LogP contribution in [0.2, 0.25) is 0 Å². The van der Waals surface area contributed by atoms with E-state index in [4.69, 9.17) is 9.47 Å². The molecule has 2 unspecified atom stereocenters. The number of hydrogen-bond acceptors (Lipinski definition) is 4. The maximum absolute atomic E-state index is 10.2. The molecule has 116 valence electrons. The van der Waals surface area contributed by atoms with Gasteiger partial charge in [-0.1, -0.05) is 36.4 Å². The normalized spacial score (nSPS) is 16.1. The van der Waals surface area contributed by atoms with Gasteiger partial charge in [-0.25, -0.2) is 0 Å². The number of hydrogen-bond donors (Lipinski definition) is 2. The van der Waals surface area contributed by atoms with Gasteiger partial charge < -0.3 is 19.9 Å². The maximum atomic E-state index is 10.2. The molecule has 0 amide bonds. The third-order valence-electron chi connectivity index (χ3n) is 3.87. The Labute approximate surface area is 130 Å². The van der Waals surface area contributed by atoms with Gasteiger partial charge in [0.05, 0.1) is 6.10 Å². The first-order valence-electron chi connectivity index (χ1n) is 7.60. The molecule has 2 N–H and O–H groups in total. The summed E-state index contributed by atoms with van der Waals surface area (Å²) in [4.78, 5) is 0. The van der Waals surface area contributed by atoms with E-state index in [9.17, 15) is 5.11 Å². The van der Waals surface area contributed by atoms with E-state index in [0.717, 1.165) is 22.6 Å². The summed E-state index contributed by atoms with van der Waals surface area (Å²) >= 11 is 0. The van der Waals surface area contributed by atoms with Gasteiger partial charge in [-0.3, -0.25) is 0 Å². The molecule has 0 saturated heterocycles. The SMILES string of the molecule is CC(NCC(O)c1ccccc1)c1ccc2c(c1)OCCO2. The first-order chi connectivity index (χ1) is 10.7. The molecule has 22 heavy (non-hydrogen) atoms. The molecule has 1 heterocycles. The number of nitrogens with one attached hydrogen (secondary N) is 1. The van der Waals surface area contributed by atoms with Crippen LogP contribution < -0.4 is 14.8 Å². The summed E-state index contributed by atoms with van der Waals surface area (Å²) < 4.78 is 11.1. The van der Waals surface area contributed by atoms with Crippen molar-refractivity contribution in [1.82, 2.24) is 5.32 Å². The molecular weight excluding hydrogens is 278 g/mol. The van der Waals surface area contributed by atoms with E-state index in [0.29, 0.717) is 19.8 Å². The van der Waals surface area contributed by atoms with Crippen LogP contribution in [0.3, 0.4) is 0 Å². The van der Waals surface area contributed by atoms with Crippen molar-refractivity contribution in [3.8, 4) is 11.5 Å². The Bertz CT molecular complexity index is 615. The summed E-state index contributed by atoms with van der Waals surface area (Å²) in [5, 5.41) is 13.6. The van der Waals surface area contributed by atoms with Crippen LogP contribution in [0.5, 0.6) is 11.5 Å². The Morgan fingerprint density at radius 2 is 1.73 bits per heavy atom. The summed E-state index contributed by atoms with van der Waals surface area (Å²) in [6.45, 7) is 3.76. The maximum Gasteiger partial charge on any atom is 0.161 e. The van der Waals surface area contributed by atoms with Crippen LogP contribution in [0, 0.1) is 0 Å². The van der Waals surface area contributed by atoms with Gasteiger partial charge in [0.15, 0.2) is 11.5 Å². The quantitative estimate of drug-likeness (QED) is 0.891. The Hall–Kier alpha value is -2.04. The van der Waals surface area contributed by atoms with Crippen molar-refractivity contribution in [3.05, 3.63) is 59.7 Å². The lowest BCUT2D eigenvalue weighted by atomic mass is 10.1. The molecule has 0 aliphatic carbocycles. The van der Waals surface area contributed by atoms with Gasteiger partial charge in [0, 0.05) is 12.6 Å². The molecule has 1 aliphatic rings. The number of aliphatic hydroxyl groups excluding tert-OH is 1. The van der Waals surface area contributed by atoms with Crippen LogP contribution in [0.4, 0.5) is 0 Å². The molecular formula is C18H21NO3. The summed E-state index contributed by atoms with van der Waals surface area (Å²) in [5.41, 5.74) is 2.04. The zero-order valence-electron chi connectivity index (χ0n) is 12.7. The Balaban J connectivity index is 1.61. The minimum Gasteiger partial charge on any atom is -0.486 e. The summed E-state index contributed by atoms with van der Waals surface area (Å²) in [7, 11) is 0. The number of benzene rings is 2. The largest absolute Gasteiger partial charge is 0.486 e. The van der Waals surface area contributed by atoms with Crippen molar-refractivity contribution < 1.29 is 14.6 Å². The summed E-state index contributed by atoms with van der Waals surface area (Å²) in [5.74, 6) is 1.59. The molecule has 1 aliphatic heterocycles. The van der Waals surface area contributed by atoms with Crippen LogP contribution in [-0.2, 0) is 0 Å². The van der Waals surface area contributed by atoms with Gasteiger partial charge in [-0.2, -0.15) is 0 Å². The van der Waals surface area contributed by atoms with Gasteiger partial charge >= 0.3 is 0 Å². The van der Waals surface area contributed by atoms with Crippen molar-refractivity contribution in [1.29, 1.82) is 0 Å². The molecule has 0 fully saturated rings. The predicted molar refractivity (Wildman–Crippen MR) is 85.3 cm³/mol. The highest BCUT2D eigenvalue weighted by atomic mass is 16.6. The highest BCUT2D eigenvalue weighted by Gasteiger charge is 2.15. The predicted octanol–water partition coefficient (Wildman–Crippen LogP) is 2.84. The molecule has 2 aromatic carbocycles. The molecule has 2 atom stereocenters. The van der Waals surface area contributed by atoms with Gasteiger partial charge in [-0.05, 0) is 30.2 Å². The molecule has 0 aromatic heterocycles. The van der Waals surface area contributed by atoms with E-state index in [-0.39, 0.29) is 6.04 Å². The third-order valence-corrected chi connectivity index (χ3v) is 3.87. The molecule has 4 nitrogen and oxygen atoms in total. The lowest BCUT2D eigenvalue weighted by Crippen LogP contribution is -2.25. The van der Waals surface area contributed by atoms with Gasteiger partial charge in [0.25, 0.3) is 0 Å². The lowest BCUT2D eigenvalue weighted by molar-refractivity contribution is 0.168. The molecule has 0 spiro atoms. The number of ether oxygens (including phenoxy) is 2. The minimum absolute atomic E-state index is 0.120. The zero-order chi connectivity index (χ0) is 15.4. The Morgan fingerprint density at radius 3 is 2.50 bits per heavy atom. The van der Waals surface area contributed by atoms with Crippen molar-refractivity contribution >= 4 is 0 Å². The third kappa shape index (κ3) is 3.40. The lowest BCUT2D eigenvalue weighted by Gasteiger charge is -2.22. The van der Waals surface area contributed by atoms with Crippen LogP contribution >= 0.6 is 0 Å². The second-order valence-corrected chi connectivity index (χ2v) is 5.46. The smallest absolute Gasteiger partial charge is 0.161 e. The molecule has 3 rings (SSSR count).